The summed E-state index contributed by atoms with van der Waals surface area (Å²) < 4.78 is 0. The number of aliphatic hydroxyl groups is 3. The third-order valence-corrected chi connectivity index (χ3v) is 16.9. The van der Waals surface area contributed by atoms with Gasteiger partial charge in [0, 0.05) is 32.0 Å². The number of carbonyl (C=O) groups excluding carboxylic acids is 13. The molecule has 0 bridgehead atoms. The molecule has 0 aromatic carbocycles. The highest BCUT2D eigenvalue weighted by atomic mass is 16.4. The minimum Gasteiger partial charge on any atom is -0.481 e. The number of hydrogen-bond acceptors (Lipinski definition) is 22. The van der Waals surface area contributed by atoms with E-state index in [1.165, 1.54) is 47.1 Å². The van der Waals surface area contributed by atoms with Crippen molar-refractivity contribution in [1.82, 2.24) is 78.7 Å². The highest BCUT2D eigenvalue weighted by Crippen LogP contribution is 2.21. The zero-order valence-corrected chi connectivity index (χ0v) is 61.6. The summed E-state index contributed by atoms with van der Waals surface area (Å²) in [7, 11) is 0. The molecule has 39 nitrogen and oxygen atoms in total. The van der Waals surface area contributed by atoms with Crippen LogP contribution in [0.1, 0.15) is 159 Å². The molecule has 2 rings (SSSR count). The molecule has 13 amide bonds. The van der Waals surface area contributed by atoms with Crippen LogP contribution >= 0.6 is 0 Å². The van der Waals surface area contributed by atoms with Gasteiger partial charge in [-0.05, 0) is 116 Å². The second-order valence-corrected chi connectivity index (χ2v) is 27.7. The number of hydrogen-bond donors (Lipinski definition) is 21. The lowest BCUT2D eigenvalue weighted by Crippen LogP contribution is -2.62. The Kier molecular flexibility index (Phi) is 39.3. The van der Waals surface area contributed by atoms with Gasteiger partial charge in [0.1, 0.15) is 78.5 Å². The molecule has 105 heavy (non-hydrogen) atoms. The molecule has 0 radical (unpaired) electrons. The molecule has 592 valence electrons. The number of carbonyl (C=O) groups is 16. The smallest absolute Gasteiger partial charge is 0.326 e. The van der Waals surface area contributed by atoms with E-state index in [0.29, 0.717) is 5.69 Å². The zero-order chi connectivity index (χ0) is 79.9. The van der Waals surface area contributed by atoms with Crippen LogP contribution in [-0.2, 0) is 83.1 Å². The Balaban J connectivity index is 2.35. The Hall–Kier alpha value is -9.47. The highest BCUT2D eigenvalue weighted by molar-refractivity contribution is 6.00. The number of unbranched alkanes of at least 4 members (excludes halogenated alkanes) is 1. The number of amides is 13. The minimum atomic E-state index is -1.86. The molecule has 1 aliphatic heterocycles. The number of likely N-dealkylation sites (tertiary alicyclic amines) is 1. The lowest BCUT2D eigenvalue weighted by atomic mass is 10.0. The summed E-state index contributed by atoms with van der Waals surface area (Å²) >= 11 is 0. The maximum Gasteiger partial charge on any atom is 0.326 e. The van der Waals surface area contributed by atoms with E-state index >= 15 is 0 Å². The fraction of sp³-hybridized carbons (Fsp3) is 0.712. The number of aliphatic carboxylic acids is 3. The maximum absolute atomic E-state index is 14.4. The maximum atomic E-state index is 14.4. The molecular weight excluding hydrogens is 1380 g/mol. The molecule has 2 heterocycles. The zero-order valence-electron chi connectivity index (χ0n) is 61.6. The molecule has 0 saturated carbocycles. The van der Waals surface area contributed by atoms with Crippen molar-refractivity contribution in [2.45, 2.75) is 257 Å². The van der Waals surface area contributed by atoms with E-state index in [1.807, 2.05) is 0 Å². The van der Waals surface area contributed by atoms with Crippen molar-refractivity contribution in [1.29, 1.82) is 0 Å². The van der Waals surface area contributed by atoms with Crippen LogP contribution in [0.15, 0.2) is 12.5 Å². The predicted molar refractivity (Wildman–Crippen MR) is 373 cm³/mol. The Morgan fingerprint density at radius 1 is 0.495 bits per heavy atom. The number of aliphatic hydroxyl groups excluding tert-OH is 3. The van der Waals surface area contributed by atoms with Gasteiger partial charge in [0.2, 0.25) is 76.8 Å². The number of H-pyrrole nitrogens is 1. The van der Waals surface area contributed by atoms with Gasteiger partial charge < -0.3 is 116 Å². The van der Waals surface area contributed by atoms with Gasteiger partial charge in [0.05, 0.1) is 36.9 Å². The molecular formula is C66H111N17O22. The van der Waals surface area contributed by atoms with Gasteiger partial charge in [-0.1, -0.05) is 55.4 Å². The number of carboxylic acids is 3. The van der Waals surface area contributed by atoms with Crippen LogP contribution in [0.3, 0.4) is 0 Å². The summed E-state index contributed by atoms with van der Waals surface area (Å²) in [5.41, 5.74) is 12.2. The first-order valence-corrected chi connectivity index (χ1v) is 35.1. The van der Waals surface area contributed by atoms with Crippen molar-refractivity contribution in [3.05, 3.63) is 18.2 Å². The van der Waals surface area contributed by atoms with Gasteiger partial charge in [0.15, 0.2) is 0 Å². The largest absolute Gasteiger partial charge is 0.481 e. The van der Waals surface area contributed by atoms with E-state index in [2.05, 4.69) is 73.8 Å². The van der Waals surface area contributed by atoms with Gasteiger partial charge in [-0.15, -0.1) is 0 Å². The lowest BCUT2D eigenvalue weighted by Gasteiger charge is -2.32. The van der Waals surface area contributed by atoms with Crippen molar-refractivity contribution in [2.24, 2.45) is 35.1 Å². The van der Waals surface area contributed by atoms with E-state index in [0.717, 1.165) is 11.8 Å². The molecule has 1 saturated heterocycles. The first kappa shape index (κ1) is 91.6. The SMILES string of the molecule is CC(C)C[C@H](NC(=O)[C@H](C)NC(=O)[C@@H](NC(=O)[C@@H](NC(=O)[C@H](C)NC(=O)[C@H](CO)NC(=O)[C@H](CCCCN)NC(=O)[C@H](CCC(=O)O)NC(=O)[C@H](CCC(=O)O)NC(=O)[C@@H]1CCCN1C(=O)[C@@H](NC(=O)[C@H](CC(C)C)NC(=O)[C@H](Cc1c[nH]cn1)NC(=O)[C@@H](N)C(C)C)[C@@H](C)O)C(C)C)[C@@H](C)O)C(=O)O. The van der Waals surface area contributed by atoms with Gasteiger partial charge in [-0.3, -0.25) is 71.9 Å². The lowest BCUT2D eigenvalue weighted by molar-refractivity contribution is -0.145. The van der Waals surface area contributed by atoms with E-state index in [1.54, 1.807) is 41.5 Å². The third kappa shape index (κ3) is 31.4. The number of nitrogens with one attached hydrogen (secondary N) is 13. The van der Waals surface area contributed by atoms with Gasteiger partial charge >= 0.3 is 17.9 Å². The topological polar surface area (TPSA) is 623 Å². The quantitative estimate of drug-likeness (QED) is 0.0270. The van der Waals surface area contributed by atoms with E-state index in [9.17, 15) is 107 Å². The first-order valence-electron chi connectivity index (χ1n) is 35.1. The first-order chi connectivity index (χ1) is 49.0. The fourth-order valence-corrected chi connectivity index (χ4v) is 10.8. The van der Waals surface area contributed by atoms with E-state index in [4.69, 9.17) is 11.5 Å². The second kappa shape index (κ2) is 45.0. The number of carboxylic acid groups (broad SMARTS) is 3. The normalized spacial score (nSPS) is 17.2. The van der Waals surface area contributed by atoms with Crippen molar-refractivity contribution in [2.75, 3.05) is 19.7 Å². The monoisotopic (exact) mass is 1490 g/mol. The number of rotatable bonds is 47. The van der Waals surface area contributed by atoms with Crippen LogP contribution < -0.4 is 75.3 Å². The van der Waals surface area contributed by atoms with Crippen molar-refractivity contribution in [3.63, 3.8) is 0 Å². The number of aromatic nitrogens is 2. The third-order valence-electron chi connectivity index (χ3n) is 16.9. The molecule has 1 aromatic rings. The summed E-state index contributed by atoms with van der Waals surface area (Å²) in [5.74, 6) is -18.7. The average Bonchev–Trinajstić information content (AvgIpc) is 1.79. The molecule has 0 unspecified atom stereocenters. The van der Waals surface area contributed by atoms with Crippen LogP contribution in [0.2, 0.25) is 0 Å². The number of nitrogens with two attached hydrogens (primary N) is 2. The number of aromatic amines is 1. The fourth-order valence-electron chi connectivity index (χ4n) is 10.8. The standard InChI is InChI=1S/C66H111N17O22/c1-30(2)24-42(76-58(96)43(26-38-27-69-29-70-38)77-62(100)49(68)32(5)6)59(97)82-52(37(12)86)65(103)83-23-15-17-46(83)61(99)75-41(19-21-48(89)90)57(95)74-40(18-20-47(87)88)56(94)73-39(16-13-14-22-67)55(93)79-45(28-84)60(98)71-35(10)54(92)80-50(33(7)8)63(101)81-51(36(11)85)64(102)72-34(9)53(91)78-44(66(104)105)25-31(3)4/h27,29-37,39-46,49-52,84-86H,13-26,28,67-68H2,1-12H3,(H,69,70)(H,71,98)(H,72,102)(H,73,94)(H,74,95)(H,75,99)(H,76,96)(H,77,100)(H,78,91)(H,79,93)(H,80,92)(H,81,101)(H,82,97)(H,87,88)(H,89,90)(H,104,105)/t34-,35-,36+,37+,39-,40-,41-,42-,43-,44-,45-,46-,49-,50-,51-,52-/m0/s1. The Morgan fingerprint density at radius 2 is 0.924 bits per heavy atom. The van der Waals surface area contributed by atoms with Crippen LogP contribution in [0.5, 0.6) is 0 Å². The van der Waals surface area contributed by atoms with Crippen molar-refractivity contribution >= 4 is 94.7 Å². The Labute approximate surface area is 608 Å². The van der Waals surface area contributed by atoms with E-state index < -0.39 is 230 Å². The molecule has 1 fully saturated rings. The minimum absolute atomic E-state index is 0.00850. The number of imidazole rings is 1. The molecule has 23 N–H and O–H groups in total. The molecule has 16 atom stereocenters. The molecule has 1 aliphatic rings. The van der Waals surface area contributed by atoms with Gasteiger partial charge in [-0.25, -0.2) is 9.78 Å². The molecule has 39 heteroatoms. The summed E-state index contributed by atoms with van der Waals surface area (Å²) in [6, 6.07) is -21.3. The summed E-state index contributed by atoms with van der Waals surface area (Å²) in [4.78, 5) is 223. The van der Waals surface area contributed by atoms with E-state index in [-0.39, 0.29) is 82.2 Å². The molecule has 0 aliphatic carbocycles. The number of nitrogens with zero attached hydrogens (tertiary/aromatic N) is 2. The second-order valence-electron chi connectivity index (χ2n) is 27.7. The molecule has 0 spiro atoms. The van der Waals surface area contributed by atoms with Gasteiger partial charge in [-0.2, -0.15) is 0 Å². The highest BCUT2D eigenvalue weighted by Gasteiger charge is 2.43. The average molecular weight is 1490 g/mol. The Morgan fingerprint density at radius 3 is 1.40 bits per heavy atom. The summed E-state index contributed by atoms with van der Waals surface area (Å²) in [6.07, 6.45) is -3.05. The summed E-state index contributed by atoms with van der Waals surface area (Å²) in [6.45, 7) is 17.0. The van der Waals surface area contributed by atoms with Crippen LogP contribution in [0, 0.1) is 23.7 Å². The van der Waals surface area contributed by atoms with Crippen LogP contribution in [0.4, 0.5) is 0 Å². The van der Waals surface area contributed by atoms with Crippen LogP contribution in [0.25, 0.3) is 0 Å². The Bertz CT molecular complexity index is 3130. The predicted octanol–water partition coefficient (Wildman–Crippen LogP) is -5.77. The van der Waals surface area contributed by atoms with Crippen molar-refractivity contribution < 1.29 is 107 Å². The summed E-state index contributed by atoms with van der Waals surface area (Å²) in [5, 5.41) is 89.7. The van der Waals surface area contributed by atoms with Gasteiger partial charge in [0.25, 0.3) is 0 Å². The van der Waals surface area contributed by atoms with Crippen LogP contribution in [-0.4, -0.2) is 257 Å². The van der Waals surface area contributed by atoms with Crippen molar-refractivity contribution in [3.8, 4) is 0 Å². The molecule has 1 aromatic heterocycles.